The van der Waals surface area contributed by atoms with Crippen molar-refractivity contribution in [3.63, 3.8) is 0 Å². The number of carbonyl (C=O) groups is 2. The van der Waals surface area contributed by atoms with Crippen molar-refractivity contribution >= 4 is 23.1 Å². The van der Waals surface area contributed by atoms with Crippen LogP contribution in [0.15, 0.2) is 18.2 Å². The highest BCUT2D eigenvalue weighted by molar-refractivity contribution is 6.51. The number of rotatable bonds is 6. The van der Waals surface area contributed by atoms with E-state index in [0.717, 1.165) is 18.8 Å². The predicted molar refractivity (Wildman–Crippen MR) is 73.8 cm³/mol. The van der Waals surface area contributed by atoms with Gasteiger partial charge in [-0.15, -0.1) is 0 Å². The van der Waals surface area contributed by atoms with E-state index >= 15 is 0 Å². The van der Waals surface area contributed by atoms with E-state index in [9.17, 15) is 9.59 Å². The fraction of sp³-hybridized carbons (Fsp3) is 0.429. The minimum absolute atomic E-state index is 0.453. The Morgan fingerprint density at radius 3 is 2.74 bits per heavy atom. The van der Waals surface area contributed by atoms with E-state index in [1.165, 1.54) is 0 Å². The molecule has 0 aliphatic carbocycles. The minimum Gasteiger partial charge on any atom is -0.380 e. The SMILES string of the molecule is CCOCCN(CC)c1ccc2c(c1)NC(=O)C2=O. The predicted octanol–water partition coefficient (Wildman–Crippen LogP) is 1.68. The maximum absolute atomic E-state index is 11.5. The molecule has 1 aromatic rings. The Morgan fingerprint density at radius 2 is 2.05 bits per heavy atom. The van der Waals surface area contributed by atoms with Crippen molar-refractivity contribution in [2.45, 2.75) is 13.8 Å². The number of ketones is 1. The second-order valence-electron chi connectivity index (χ2n) is 4.29. The molecule has 5 heteroatoms. The van der Waals surface area contributed by atoms with Crippen LogP contribution in [0.4, 0.5) is 11.4 Å². The number of hydrogen-bond acceptors (Lipinski definition) is 4. The van der Waals surface area contributed by atoms with Gasteiger partial charge in [0.05, 0.1) is 17.9 Å². The van der Waals surface area contributed by atoms with Gasteiger partial charge in [-0.3, -0.25) is 9.59 Å². The molecule has 1 aromatic carbocycles. The van der Waals surface area contributed by atoms with Crippen LogP contribution in [-0.2, 0) is 9.53 Å². The molecule has 0 atom stereocenters. The molecule has 19 heavy (non-hydrogen) atoms. The average molecular weight is 262 g/mol. The Bertz CT molecular complexity index is 499. The number of amides is 1. The first kappa shape index (κ1) is 13.5. The fourth-order valence-electron chi connectivity index (χ4n) is 2.12. The van der Waals surface area contributed by atoms with Crippen LogP contribution in [0, 0.1) is 0 Å². The number of Topliss-reactive ketones (excluding diaryl/α,β-unsaturated/α-hetero) is 1. The van der Waals surface area contributed by atoms with Gasteiger partial charge in [0.1, 0.15) is 0 Å². The maximum atomic E-state index is 11.5. The lowest BCUT2D eigenvalue weighted by atomic mass is 10.1. The van der Waals surface area contributed by atoms with Gasteiger partial charge >= 0.3 is 0 Å². The summed E-state index contributed by atoms with van der Waals surface area (Å²) in [4.78, 5) is 25.0. The molecule has 0 fully saturated rings. The molecular formula is C14H18N2O3. The van der Waals surface area contributed by atoms with Crippen LogP contribution in [0.1, 0.15) is 24.2 Å². The molecule has 2 rings (SSSR count). The van der Waals surface area contributed by atoms with Crippen LogP contribution in [0.3, 0.4) is 0 Å². The minimum atomic E-state index is -0.551. The second kappa shape index (κ2) is 5.84. The van der Waals surface area contributed by atoms with E-state index in [-0.39, 0.29) is 0 Å². The monoisotopic (exact) mass is 262 g/mol. The molecule has 102 valence electrons. The first-order valence-electron chi connectivity index (χ1n) is 6.49. The van der Waals surface area contributed by atoms with E-state index in [1.807, 2.05) is 19.1 Å². The number of hydrogen-bond donors (Lipinski definition) is 1. The Kier molecular flexibility index (Phi) is 4.16. The standard InChI is InChI=1S/C14H18N2O3/c1-3-16(7-8-19-4-2)10-5-6-11-12(9-10)15-14(18)13(11)17/h5-6,9H,3-4,7-8H2,1-2H3,(H,15,17,18). The summed E-state index contributed by atoms with van der Waals surface area (Å²) in [5.41, 5.74) is 2.04. The van der Waals surface area contributed by atoms with Gasteiger partial charge in [-0.2, -0.15) is 0 Å². The van der Waals surface area contributed by atoms with Gasteiger partial charge in [0.25, 0.3) is 11.7 Å². The molecule has 1 heterocycles. The highest BCUT2D eigenvalue weighted by Gasteiger charge is 2.28. The third-order valence-electron chi connectivity index (χ3n) is 3.16. The van der Waals surface area contributed by atoms with Gasteiger partial charge in [0, 0.05) is 25.4 Å². The molecule has 0 bridgehead atoms. The lowest BCUT2D eigenvalue weighted by Crippen LogP contribution is -2.27. The number of nitrogens with one attached hydrogen (secondary N) is 1. The number of benzene rings is 1. The average Bonchev–Trinajstić information content (AvgIpc) is 2.70. The quantitative estimate of drug-likeness (QED) is 0.626. The van der Waals surface area contributed by atoms with Crippen LogP contribution in [0.5, 0.6) is 0 Å². The van der Waals surface area contributed by atoms with Gasteiger partial charge in [0.15, 0.2) is 0 Å². The first-order valence-corrected chi connectivity index (χ1v) is 6.49. The molecule has 0 radical (unpaired) electrons. The van der Waals surface area contributed by atoms with Gasteiger partial charge in [-0.25, -0.2) is 0 Å². The molecule has 1 N–H and O–H groups in total. The summed E-state index contributed by atoms with van der Waals surface area (Å²) >= 11 is 0. The van der Waals surface area contributed by atoms with E-state index in [1.54, 1.807) is 6.07 Å². The smallest absolute Gasteiger partial charge is 0.296 e. The van der Waals surface area contributed by atoms with Crippen molar-refractivity contribution < 1.29 is 14.3 Å². The van der Waals surface area contributed by atoms with Crippen molar-refractivity contribution in [1.29, 1.82) is 0 Å². The number of likely N-dealkylation sites (N-methyl/N-ethyl adjacent to an activating group) is 1. The van der Waals surface area contributed by atoms with Crippen LogP contribution >= 0.6 is 0 Å². The van der Waals surface area contributed by atoms with Crippen molar-refractivity contribution in [1.82, 2.24) is 0 Å². The Balaban J connectivity index is 2.15. The summed E-state index contributed by atoms with van der Waals surface area (Å²) in [5, 5.41) is 2.59. The summed E-state index contributed by atoms with van der Waals surface area (Å²) in [5.74, 6) is -1.01. The maximum Gasteiger partial charge on any atom is 0.296 e. The Labute approximate surface area is 112 Å². The number of fused-ring (bicyclic) bond motifs is 1. The normalized spacial score (nSPS) is 13.4. The number of carbonyl (C=O) groups excluding carboxylic acids is 2. The molecule has 1 amide bonds. The molecule has 1 aliphatic heterocycles. The largest absolute Gasteiger partial charge is 0.380 e. The second-order valence-corrected chi connectivity index (χ2v) is 4.29. The van der Waals surface area contributed by atoms with Crippen molar-refractivity contribution in [2.75, 3.05) is 36.5 Å². The van der Waals surface area contributed by atoms with Crippen LogP contribution in [0.2, 0.25) is 0 Å². The lowest BCUT2D eigenvalue weighted by molar-refractivity contribution is -0.112. The van der Waals surface area contributed by atoms with Crippen molar-refractivity contribution in [3.8, 4) is 0 Å². The fourth-order valence-corrected chi connectivity index (χ4v) is 2.12. The number of anilines is 2. The van der Waals surface area contributed by atoms with Gasteiger partial charge < -0.3 is 15.0 Å². The molecule has 0 aromatic heterocycles. The highest BCUT2D eigenvalue weighted by atomic mass is 16.5. The zero-order chi connectivity index (χ0) is 13.8. The first-order chi connectivity index (χ1) is 9.17. The van der Waals surface area contributed by atoms with E-state index < -0.39 is 11.7 Å². The number of nitrogens with zero attached hydrogens (tertiary/aromatic N) is 1. The van der Waals surface area contributed by atoms with Crippen LogP contribution in [-0.4, -0.2) is 38.0 Å². The summed E-state index contributed by atoms with van der Waals surface area (Å²) in [7, 11) is 0. The van der Waals surface area contributed by atoms with E-state index in [4.69, 9.17) is 4.74 Å². The zero-order valence-electron chi connectivity index (χ0n) is 11.2. The third-order valence-corrected chi connectivity index (χ3v) is 3.16. The van der Waals surface area contributed by atoms with Crippen LogP contribution in [0.25, 0.3) is 0 Å². The van der Waals surface area contributed by atoms with Crippen molar-refractivity contribution in [2.24, 2.45) is 0 Å². The molecule has 0 spiro atoms. The summed E-state index contributed by atoms with van der Waals surface area (Å²) < 4.78 is 5.35. The van der Waals surface area contributed by atoms with E-state index in [2.05, 4.69) is 17.1 Å². The topological polar surface area (TPSA) is 58.6 Å². The van der Waals surface area contributed by atoms with Crippen molar-refractivity contribution in [3.05, 3.63) is 23.8 Å². The van der Waals surface area contributed by atoms with E-state index in [0.29, 0.717) is 24.5 Å². The van der Waals surface area contributed by atoms with Gasteiger partial charge in [-0.1, -0.05) is 0 Å². The highest BCUT2D eigenvalue weighted by Crippen LogP contribution is 2.28. The third kappa shape index (κ3) is 2.76. The molecule has 5 nitrogen and oxygen atoms in total. The summed E-state index contributed by atoms with van der Waals surface area (Å²) in [6.45, 7) is 7.01. The van der Waals surface area contributed by atoms with Gasteiger partial charge in [-0.05, 0) is 32.0 Å². The van der Waals surface area contributed by atoms with Crippen LogP contribution < -0.4 is 10.2 Å². The Morgan fingerprint density at radius 1 is 1.26 bits per heavy atom. The molecule has 1 aliphatic rings. The Hall–Kier alpha value is -1.88. The summed E-state index contributed by atoms with van der Waals surface area (Å²) in [6, 6.07) is 5.41. The zero-order valence-corrected chi connectivity index (χ0v) is 11.2. The van der Waals surface area contributed by atoms with Gasteiger partial charge in [0.2, 0.25) is 0 Å². The molecular weight excluding hydrogens is 244 g/mol. The lowest BCUT2D eigenvalue weighted by Gasteiger charge is -2.23. The molecule has 0 unspecified atom stereocenters. The molecule has 0 saturated heterocycles. The summed E-state index contributed by atoms with van der Waals surface area (Å²) in [6.07, 6.45) is 0. The number of ether oxygens (including phenoxy) is 1. The molecule has 0 saturated carbocycles.